The van der Waals surface area contributed by atoms with Crippen LogP contribution < -0.4 is 15.5 Å². The molecular weight excluding hydrogens is 782 g/mol. The van der Waals surface area contributed by atoms with Gasteiger partial charge in [0, 0.05) is 101 Å². The molecule has 0 saturated carbocycles. The minimum absolute atomic E-state index is 0.0304. The van der Waals surface area contributed by atoms with Crippen LogP contribution in [0, 0.1) is 12.7 Å². The van der Waals surface area contributed by atoms with E-state index in [1.807, 2.05) is 13.0 Å². The number of piperidine rings is 1. The number of carbonyl (C=O) groups is 5. The number of ketones is 1. The number of fused-ring (bicyclic) bond motifs is 1. The van der Waals surface area contributed by atoms with E-state index >= 15 is 0 Å². The Morgan fingerprint density at radius 1 is 0.869 bits per heavy atom. The molecule has 0 aliphatic carbocycles. The molecule has 3 saturated heterocycles. The van der Waals surface area contributed by atoms with Crippen molar-refractivity contribution >= 4 is 40.8 Å². The van der Waals surface area contributed by atoms with Crippen LogP contribution >= 0.6 is 0 Å². The number of benzene rings is 3. The van der Waals surface area contributed by atoms with E-state index in [1.165, 1.54) is 17.3 Å². The van der Waals surface area contributed by atoms with Gasteiger partial charge in [0.1, 0.15) is 11.9 Å². The molecule has 4 heterocycles. The van der Waals surface area contributed by atoms with Crippen LogP contribution in [0.2, 0.25) is 0 Å². The number of rotatable bonds is 19. The van der Waals surface area contributed by atoms with Crippen molar-refractivity contribution in [1.82, 2.24) is 24.9 Å². The van der Waals surface area contributed by atoms with Crippen LogP contribution in [0.25, 0.3) is 0 Å². The molecule has 0 radical (unpaired) electrons. The van der Waals surface area contributed by atoms with Gasteiger partial charge >= 0.3 is 0 Å². The molecule has 326 valence electrons. The number of nitrogens with zero attached hydrogens (tertiary/aromatic N) is 5. The largest absolute Gasteiger partial charge is 0.379 e. The van der Waals surface area contributed by atoms with E-state index in [-0.39, 0.29) is 48.5 Å². The van der Waals surface area contributed by atoms with Gasteiger partial charge in [-0.3, -0.25) is 44.0 Å². The van der Waals surface area contributed by atoms with Crippen molar-refractivity contribution in [3.05, 3.63) is 94.3 Å². The van der Waals surface area contributed by atoms with Gasteiger partial charge in [-0.25, -0.2) is 4.39 Å². The Kier molecular flexibility index (Phi) is 14.6. The number of carbonyl (C=O) groups excluding carboxylic acids is 5. The number of ether oxygens (including phenoxy) is 2. The second-order valence-electron chi connectivity index (χ2n) is 16.7. The molecule has 0 aromatic heterocycles. The number of nitrogens with one attached hydrogen (secondary N) is 2. The lowest BCUT2D eigenvalue weighted by atomic mass is 9.93. The molecule has 4 aliphatic heterocycles. The average molecular weight is 840 g/mol. The highest BCUT2D eigenvalue weighted by atomic mass is 19.1. The summed E-state index contributed by atoms with van der Waals surface area (Å²) in [6.45, 7) is 11.0. The lowest BCUT2D eigenvalue weighted by molar-refractivity contribution is -0.136. The zero-order valence-electron chi connectivity index (χ0n) is 35.5. The van der Waals surface area contributed by atoms with E-state index in [9.17, 15) is 28.4 Å². The lowest BCUT2D eigenvalue weighted by Crippen LogP contribution is -2.54. The summed E-state index contributed by atoms with van der Waals surface area (Å²) in [6, 6.07) is 18.4. The van der Waals surface area contributed by atoms with Crippen molar-refractivity contribution < 1.29 is 37.8 Å². The maximum atomic E-state index is 14.6. The fourth-order valence-electron chi connectivity index (χ4n) is 8.93. The standard InChI is InChI=1S/C46H58FN7O7/c1-31-7-4-10-38(47)36(31)28-52-29-37(41(30-52)50(2)3)32-12-14-33(15-13-32)53-20-18-51(19-21-53)22-24-61-26-25-60-23-6-8-34(55)27-48-39-11-5-9-35-43(39)46(59)54(45(35)58)40-16-17-42(56)49-44(40)57/h4-5,7,9-15,37,40-41,48H,6,8,16-30H2,1-3H3,(H,49,56,57)/t37-,40?,41+/m1/s1. The van der Waals surface area contributed by atoms with Gasteiger partial charge in [0.2, 0.25) is 11.8 Å². The zero-order valence-corrected chi connectivity index (χ0v) is 35.5. The van der Waals surface area contributed by atoms with Gasteiger partial charge in [0.05, 0.1) is 37.5 Å². The highest BCUT2D eigenvalue weighted by Crippen LogP contribution is 2.34. The Morgan fingerprint density at radius 3 is 2.33 bits per heavy atom. The van der Waals surface area contributed by atoms with E-state index in [4.69, 9.17) is 9.47 Å². The van der Waals surface area contributed by atoms with Crippen LogP contribution in [0.1, 0.15) is 69.0 Å². The molecule has 2 N–H and O–H groups in total. The van der Waals surface area contributed by atoms with Crippen LogP contribution in [0.3, 0.4) is 0 Å². The van der Waals surface area contributed by atoms with Crippen LogP contribution in [0.5, 0.6) is 0 Å². The number of halogens is 1. The van der Waals surface area contributed by atoms with E-state index in [0.717, 1.165) is 61.8 Å². The number of imide groups is 2. The number of anilines is 2. The zero-order chi connectivity index (χ0) is 43.0. The first kappa shape index (κ1) is 44.0. The van der Waals surface area contributed by atoms with Gasteiger partial charge in [-0.15, -0.1) is 0 Å². The Balaban J connectivity index is 0.743. The van der Waals surface area contributed by atoms with E-state index in [1.54, 1.807) is 24.3 Å². The van der Waals surface area contributed by atoms with Crippen molar-refractivity contribution in [2.45, 2.75) is 57.2 Å². The van der Waals surface area contributed by atoms with Crippen molar-refractivity contribution in [3.8, 4) is 0 Å². The van der Waals surface area contributed by atoms with Gasteiger partial charge in [-0.1, -0.05) is 30.3 Å². The Bertz CT molecular complexity index is 2050. The maximum absolute atomic E-state index is 14.6. The van der Waals surface area contributed by atoms with Crippen molar-refractivity contribution in [2.24, 2.45) is 0 Å². The molecule has 3 atom stereocenters. The average Bonchev–Trinajstić information content (AvgIpc) is 3.79. The molecule has 14 nitrogen and oxygen atoms in total. The van der Waals surface area contributed by atoms with Gasteiger partial charge < -0.3 is 24.6 Å². The minimum Gasteiger partial charge on any atom is -0.379 e. The summed E-state index contributed by atoms with van der Waals surface area (Å²) < 4.78 is 26.2. The van der Waals surface area contributed by atoms with Crippen LogP contribution in [-0.2, 0) is 30.4 Å². The molecule has 7 rings (SSSR count). The van der Waals surface area contributed by atoms with E-state index < -0.39 is 29.7 Å². The second-order valence-corrected chi connectivity index (χ2v) is 16.7. The molecule has 61 heavy (non-hydrogen) atoms. The summed E-state index contributed by atoms with van der Waals surface area (Å²) in [5.41, 5.74) is 4.99. The Labute approximate surface area is 357 Å². The maximum Gasteiger partial charge on any atom is 0.264 e. The third-order valence-electron chi connectivity index (χ3n) is 12.4. The Hall–Kier alpha value is -5.06. The number of piperazine rings is 1. The van der Waals surface area contributed by atoms with Gasteiger partial charge in [-0.2, -0.15) is 0 Å². The normalized spacial score (nSPS) is 21.1. The highest BCUT2D eigenvalue weighted by Gasteiger charge is 2.45. The fourth-order valence-corrected chi connectivity index (χ4v) is 8.93. The summed E-state index contributed by atoms with van der Waals surface area (Å²) in [5.74, 6) is -2.16. The fraction of sp³-hybridized carbons (Fsp3) is 0.500. The first-order chi connectivity index (χ1) is 29.5. The molecule has 4 aliphatic rings. The first-order valence-electron chi connectivity index (χ1n) is 21.4. The molecule has 1 unspecified atom stereocenters. The summed E-state index contributed by atoms with van der Waals surface area (Å²) in [4.78, 5) is 73.4. The monoisotopic (exact) mass is 839 g/mol. The third kappa shape index (κ3) is 10.5. The molecule has 3 aromatic rings. The SMILES string of the molecule is Cc1cccc(F)c1CN1C[C@H](c2ccc(N3CCN(CCOCCOCCCC(=O)CNc4cccc5c4C(=O)N(C4CCC(=O)NC4=O)C5=O)CC3)cc2)[C@@H](N(C)C)C1. The minimum atomic E-state index is -1.05. The number of likely N-dealkylation sites (N-methyl/N-ethyl adjacent to an activating group) is 1. The van der Waals surface area contributed by atoms with E-state index in [2.05, 4.69) is 68.6 Å². The van der Waals surface area contributed by atoms with Gasteiger partial charge in [0.25, 0.3) is 11.8 Å². The number of hydrogen-bond acceptors (Lipinski definition) is 12. The van der Waals surface area contributed by atoms with Gasteiger partial charge in [-0.05, 0) is 75.3 Å². The smallest absolute Gasteiger partial charge is 0.264 e. The highest BCUT2D eigenvalue weighted by molar-refractivity contribution is 6.25. The summed E-state index contributed by atoms with van der Waals surface area (Å²) in [5, 5.41) is 5.18. The van der Waals surface area contributed by atoms with Crippen LogP contribution in [0.4, 0.5) is 15.8 Å². The first-order valence-corrected chi connectivity index (χ1v) is 21.4. The molecule has 15 heteroatoms. The van der Waals surface area contributed by atoms with Crippen LogP contribution in [-0.4, -0.2) is 154 Å². The molecular formula is C46H58FN7O7. The van der Waals surface area contributed by atoms with Crippen molar-refractivity contribution in [2.75, 3.05) is 103 Å². The second kappa shape index (κ2) is 20.2. The Morgan fingerprint density at radius 2 is 1.61 bits per heavy atom. The quantitative estimate of drug-likeness (QED) is 0.134. The number of amides is 4. The molecule has 0 bridgehead atoms. The summed E-state index contributed by atoms with van der Waals surface area (Å²) in [6.07, 6.45) is 0.929. The number of aryl methyl sites for hydroxylation is 1. The predicted molar refractivity (Wildman–Crippen MR) is 229 cm³/mol. The summed E-state index contributed by atoms with van der Waals surface area (Å²) >= 11 is 0. The lowest BCUT2D eigenvalue weighted by Gasteiger charge is -2.36. The predicted octanol–water partition coefficient (Wildman–Crippen LogP) is 3.68. The van der Waals surface area contributed by atoms with Gasteiger partial charge in [0.15, 0.2) is 5.78 Å². The number of Topliss-reactive ketones (excluding diaryl/α,β-unsaturated/α-hetero) is 1. The summed E-state index contributed by atoms with van der Waals surface area (Å²) in [7, 11) is 4.27. The van der Waals surface area contributed by atoms with Crippen molar-refractivity contribution in [1.29, 1.82) is 0 Å². The topological polar surface area (TPSA) is 144 Å². The molecule has 0 spiro atoms. The third-order valence-corrected chi connectivity index (χ3v) is 12.4. The number of hydrogen-bond donors (Lipinski definition) is 2. The van der Waals surface area contributed by atoms with Crippen LogP contribution in [0.15, 0.2) is 60.7 Å². The molecule has 3 aromatic carbocycles. The molecule has 3 fully saturated rings. The van der Waals surface area contributed by atoms with E-state index in [0.29, 0.717) is 57.0 Å². The van der Waals surface area contributed by atoms with Crippen molar-refractivity contribution in [3.63, 3.8) is 0 Å². The molecule has 4 amide bonds. The number of likely N-dealkylation sites (tertiary alicyclic amines) is 1.